The molecule has 0 spiro atoms. The van der Waals surface area contributed by atoms with Crippen molar-refractivity contribution in [3.63, 3.8) is 0 Å². The molecule has 1 aliphatic heterocycles. The van der Waals surface area contributed by atoms with Gasteiger partial charge in [0.15, 0.2) is 0 Å². The van der Waals surface area contributed by atoms with Crippen LogP contribution in [-0.4, -0.2) is 47.4 Å². The number of fused-ring (bicyclic) bond motifs is 1. The van der Waals surface area contributed by atoms with E-state index < -0.39 is 30.1 Å². The van der Waals surface area contributed by atoms with Crippen LogP contribution in [0.1, 0.15) is 37.4 Å². The van der Waals surface area contributed by atoms with Gasteiger partial charge in [0.2, 0.25) is 5.91 Å². The molecule has 8 nitrogen and oxygen atoms in total. The largest absolute Gasteiger partial charge is 0.491 e. The number of nitrogens with two attached hydrogens (primary N) is 1. The Labute approximate surface area is 221 Å². The predicted molar refractivity (Wildman–Crippen MR) is 135 cm³/mol. The van der Waals surface area contributed by atoms with Gasteiger partial charge in [-0.1, -0.05) is 42.5 Å². The van der Waals surface area contributed by atoms with Gasteiger partial charge >= 0.3 is 18.1 Å². The number of halogens is 3. The van der Waals surface area contributed by atoms with Gasteiger partial charge in [0, 0.05) is 30.8 Å². The number of hydrogen-bond donors (Lipinski definition) is 2. The first-order valence-electron chi connectivity index (χ1n) is 12.0. The molecule has 0 saturated carbocycles. The Hall–Kier alpha value is -4.51. The Morgan fingerprint density at radius 1 is 0.974 bits per heavy atom. The van der Waals surface area contributed by atoms with Gasteiger partial charge in [-0.05, 0) is 53.4 Å². The highest BCUT2D eigenvalue weighted by Crippen LogP contribution is 2.25. The van der Waals surface area contributed by atoms with E-state index in [9.17, 15) is 32.3 Å². The summed E-state index contributed by atoms with van der Waals surface area (Å²) in [4.78, 5) is 51.2. The molecule has 11 heteroatoms. The third-order valence-electron chi connectivity index (χ3n) is 6.27. The van der Waals surface area contributed by atoms with Crippen molar-refractivity contribution in [1.29, 1.82) is 0 Å². The molecule has 3 aromatic carbocycles. The summed E-state index contributed by atoms with van der Waals surface area (Å²) in [6.07, 6.45) is -4.53. The summed E-state index contributed by atoms with van der Waals surface area (Å²) in [7, 11) is 0. The zero-order valence-electron chi connectivity index (χ0n) is 20.5. The van der Waals surface area contributed by atoms with E-state index in [1.807, 2.05) is 36.4 Å². The summed E-state index contributed by atoms with van der Waals surface area (Å²) in [6, 6.07) is 18.5. The van der Waals surface area contributed by atoms with Gasteiger partial charge in [-0.3, -0.25) is 9.59 Å². The maximum atomic E-state index is 13.5. The molecule has 0 aliphatic carbocycles. The summed E-state index contributed by atoms with van der Waals surface area (Å²) in [5.41, 5.74) is 8.75. The number of anilines is 1. The Bertz CT molecular complexity index is 1390. The highest BCUT2D eigenvalue weighted by Gasteiger charge is 2.42. The number of ether oxygens (including phenoxy) is 1. The van der Waals surface area contributed by atoms with Crippen molar-refractivity contribution in [2.75, 3.05) is 11.9 Å². The average Bonchev–Trinajstić information content (AvgIpc) is 2.92. The Balaban J connectivity index is 1.53. The Morgan fingerprint density at radius 3 is 2.31 bits per heavy atom. The lowest BCUT2D eigenvalue weighted by molar-refractivity contribution is -0.193. The monoisotopic (exact) mass is 539 g/mol. The van der Waals surface area contributed by atoms with E-state index in [2.05, 4.69) is 10.1 Å². The number of carbonyl (C=O) groups is 4. The van der Waals surface area contributed by atoms with Crippen LogP contribution in [0.25, 0.3) is 0 Å². The summed E-state index contributed by atoms with van der Waals surface area (Å²) in [6.45, 7) is 0.655. The highest BCUT2D eigenvalue weighted by atomic mass is 19.4. The number of carbonyl (C=O) groups excluding carboxylic acids is 4. The minimum Gasteiger partial charge on any atom is -0.383 e. The number of nitrogens with zero attached hydrogens (tertiary/aromatic N) is 1. The maximum Gasteiger partial charge on any atom is 0.491 e. The van der Waals surface area contributed by atoms with Crippen LogP contribution in [0, 0.1) is 0 Å². The number of hydrogen-bond acceptors (Lipinski definition) is 6. The molecule has 0 saturated heterocycles. The van der Waals surface area contributed by atoms with Gasteiger partial charge in [-0.15, -0.1) is 0 Å². The van der Waals surface area contributed by atoms with Crippen molar-refractivity contribution in [2.45, 2.75) is 31.6 Å². The molecule has 0 aromatic heterocycles. The number of rotatable bonds is 7. The van der Waals surface area contributed by atoms with Crippen LogP contribution in [0.2, 0.25) is 0 Å². The van der Waals surface area contributed by atoms with E-state index in [1.165, 1.54) is 17.0 Å². The molecule has 1 aliphatic rings. The third-order valence-corrected chi connectivity index (χ3v) is 6.27. The van der Waals surface area contributed by atoms with Crippen LogP contribution in [0.15, 0.2) is 72.8 Å². The van der Waals surface area contributed by atoms with E-state index >= 15 is 0 Å². The first kappa shape index (κ1) is 27.5. The van der Waals surface area contributed by atoms with Crippen LogP contribution >= 0.6 is 0 Å². The lowest BCUT2D eigenvalue weighted by Crippen LogP contribution is -2.51. The van der Waals surface area contributed by atoms with Crippen LogP contribution in [0.4, 0.5) is 18.9 Å². The van der Waals surface area contributed by atoms with Gasteiger partial charge in [0.1, 0.15) is 6.04 Å². The molecule has 1 atom stereocenters. The summed E-state index contributed by atoms with van der Waals surface area (Å²) >= 11 is 0. The smallest absolute Gasteiger partial charge is 0.383 e. The fraction of sp³-hybridized carbons (Fsp3) is 0.214. The van der Waals surface area contributed by atoms with Crippen molar-refractivity contribution >= 4 is 29.4 Å². The van der Waals surface area contributed by atoms with E-state index in [1.54, 1.807) is 12.1 Å². The lowest BCUT2D eigenvalue weighted by atomic mass is 9.94. The third kappa shape index (κ3) is 6.50. The molecule has 0 unspecified atom stereocenters. The second kappa shape index (κ2) is 11.5. The molecule has 0 radical (unpaired) electrons. The zero-order chi connectivity index (χ0) is 28.2. The quantitative estimate of drug-likeness (QED) is 0.350. The Kier molecular flexibility index (Phi) is 8.10. The summed E-state index contributed by atoms with van der Waals surface area (Å²) < 4.78 is 40.9. The van der Waals surface area contributed by atoms with E-state index in [4.69, 9.17) is 5.73 Å². The van der Waals surface area contributed by atoms with Crippen molar-refractivity contribution in [3.05, 3.63) is 101 Å². The standard InChI is InChI=1S/C28H24F3N3O5/c29-28(30,31)27(38)39-26(37)19-7-9-21(10-8-19)33-24(35)23(15-17-4-2-1-3-5-17)34-13-12-20-14-18(16-32)6-11-22(20)25(34)36/h1-11,14,23H,12-13,15-16,32H2,(H,33,35)/t23-/m0/s1. The molecule has 1 heterocycles. The molecule has 3 aromatic rings. The number of amides is 2. The number of esters is 2. The van der Waals surface area contributed by atoms with Gasteiger partial charge in [0.05, 0.1) is 5.56 Å². The predicted octanol–water partition coefficient (Wildman–Crippen LogP) is 3.64. The molecular formula is C28H24F3N3O5. The first-order valence-corrected chi connectivity index (χ1v) is 12.0. The maximum absolute atomic E-state index is 13.5. The zero-order valence-corrected chi connectivity index (χ0v) is 20.5. The molecule has 4 rings (SSSR count). The van der Waals surface area contributed by atoms with Crippen molar-refractivity contribution < 1.29 is 37.1 Å². The summed E-state index contributed by atoms with van der Waals surface area (Å²) in [5, 5.41) is 2.71. The molecule has 3 N–H and O–H groups in total. The number of benzene rings is 3. The second-order valence-electron chi connectivity index (χ2n) is 8.89. The van der Waals surface area contributed by atoms with Gasteiger partial charge in [-0.2, -0.15) is 13.2 Å². The summed E-state index contributed by atoms with van der Waals surface area (Å²) in [5.74, 6) is -4.88. The van der Waals surface area contributed by atoms with Crippen LogP contribution in [0.5, 0.6) is 0 Å². The van der Waals surface area contributed by atoms with Crippen LogP contribution in [0.3, 0.4) is 0 Å². The number of nitrogens with one attached hydrogen (secondary N) is 1. The lowest BCUT2D eigenvalue weighted by Gasteiger charge is -2.35. The first-order chi connectivity index (χ1) is 18.6. The van der Waals surface area contributed by atoms with E-state index in [0.29, 0.717) is 25.1 Å². The van der Waals surface area contributed by atoms with Gasteiger partial charge in [-0.25, -0.2) is 9.59 Å². The second-order valence-corrected chi connectivity index (χ2v) is 8.89. The van der Waals surface area contributed by atoms with E-state index in [-0.39, 0.29) is 23.6 Å². The fourth-order valence-electron chi connectivity index (χ4n) is 4.28. The number of alkyl halides is 3. The minimum atomic E-state index is -5.31. The van der Waals surface area contributed by atoms with Gasteiger partial charge < -0.3 is 20.7 Å². The molecule has 202 valence electrons. The van der Waals surface area contributed by atoms with Crippen molar-refractivity contribution in [2.24, 2.45) is 5.73 Å². The highest BCUT2D eigenvalue weighted by molar-refractivity contribution is 6.03. The molecular weight excluding hydrogens is 515 g/mol. The van der Waals surface area contributed by atoms with Crippen LogP contribution < -0.4 is 11.1 Å². The topological polar surface area (TPSA) is 119 Å². The molecule has 2 amide bonds. The minimum absolute atomic E-state index is 0.231. The van der Waals surface area contributed by atoms with Gasteiger partial charge in [0.25, 0.3) is 5.91 Å². The van der Waals surface area contributed by atoms with E-state index in [0.717, 1.165) is 28.8 Å². The van der Waals surface area contributed by atoms with Crippen molar-refractivity contribution in [3.8, 4) is 0 Å². The molecule has 39 heavy (non-hydrogen) atoms. The van der Waals surface area contributed by atoms with Crippen molar-refractivity contribution in [1.82, 2.24) is 4.90 Å². The van der Waals surface area contributed by atoms with Crippen LogP contribution in [-0.2, 0) is 33.7 Å². The normalized spacial score (nSPS) is 13.8. The fourth-order valence-corrected chi connectivity index (χ4v) is 4.28. The Morgan fingerprint density at radius 2 is 1.67 bits per heavy atom. The molecule has 0 fully saturated rings. The SMILES string of the molecule is NCc1ccc2c(c1)CCN([C@@H](Cc1ccccc1)C(=O)Nc1ccc(C(=O)OC(=O)C(F)(F)F)cc1)C2=O. The average molecular weight is 540 g/mol. The molecule has 0 bridgehead atoms.